The molecule has 2 nitrogen and oxygen atoms in total. The van der Waals surface area contributed by atoms with Crippen molar-refractivity contribution in [1.82, 2.24) is 4.57 Å². The first-order chi connectivity index (χ1) is 34.0. The van der Waals surface area contributed by atoms with E-state index in [2.05, 4.69) is 231 Å². The van der Waals surface area contributed by atoms with Crippen LogP contribution in [-0.4, -0.2) is 11.8 Å². The van der Waals surface area contributed by atoms with Crippen LogP contribution in [0.5, 0.6) is 0 Å². The summed E-state index contributed by atoms with van der Waals surface area (Å²) in [5.74, 6) is 0. The lowest BCUT2D eigenvalue weighted by molar-refractivity contribution is 0.331. The molecule has 1 N–H and O–H groups in total. The highest BCUT2D eigenvalue weighted by Gasteiger charge is 2.44. The van der Waals surface area contributed by atoms with Gasteiger partial charge in [-0.2, -0.15) is 0 Å². The normalized spacial score (nSPS) is 16.8. The van der Waals surface area contributed by atoms with E-state index in [0.29, 0.717) is 0 Å². The Bertz CT molecular complexity index is 4000. The summed E-state index contributed by atoms with van der Waals surface area (Å²) < 4.78 is 2.64. The van der Waals surface area contributed by atoms with Crippen molar-refractivity contribution in [2.45, 2.75) is 104 Å². The second kappa shape index (κ2) is 14.3. The quantitative estimate of drug-likeness (QED) is 0.174. The molecule has 10 aromatic rings. The van der Waals surface area contributed by atoms with E-state index in [1.165, 1.54) is 151 Å². The molecule has 0 spiro atoms. The van der Waals surface area contributed by atoms with E-state index in [1.807, 2.05) is 0 Å². The van der Waals surface area contributed by atoms with Crippen molar-refractivity contribution in [3.8, 4) is 50.2 Å². The van der Waals surface area contributed by atoms with Crippen LogP contribution in [0.1, 0.15) is 113 Å². The lowest BCUT2D eigenvalue weighted by Gasteiger charge is -2.42. The summed E-state index contributed by atoms with van der Waals surface area (Å²) >= 11 is 0. The van der Waals surface area contributed by atoms with Crippen molar-refractivity contribution < 1.29 is 0 Å². The predicted octanol–water partition coefficient (Wildman–Crippen LogP) is 16.3. The number of aryl methyl sites for hydroxylation is 2. The Hall–Kier alpha value is -7.10. The van der Waals surface area contributed by atoms with E-state index < -0.39 is 0 Å². The number of nitrogens with one attached hydrogen (secondary N) is 1. The molecule has 0 radical (unpaired) electrons. The number of hydrogen-bond acceptors (Lipinski definition) is 1. The fourth-order valence-electron chi connectivity index (χ4n) is 14.0. The predicted molar refractivity (Wildman–Crippen MR) is 305 cm³/mol. The van der Waals surface area contributed by atoms with E-state index >= 15 is 0 Å². The van der Waals surface area contributed by atoms with Gasteiger partial charge in [-0.05, 0) is 181 Å². The first-order valence-electron chi connectivity index (χ1n) is 26.1. The van der Waals surface area contributed by atoms with E-state index in [4.69, 9.17) is 0 Å². The Kier molecular flexibility index (Phi) is 8.60. The fraction of sp³-hybridized carbons (Fsp3) is 0.235. The lowest BCUT2D eigenvalue weighted by atomic mass is 9.58. The molecule has 0 amide bonds. The molecule has 1 aromatic heterocycles. The van der Waals surface area contributed by atoms with E-state index in [9.17, 15) is 0 Å². The van der Waals surface area contributed by atoms with Crippen LogP contribution >= 0.6 is 0 Å². The van der Waals surface area contributed by atoms with Gasteiger partial charge in [-0.1, -0.05) is 169 Å². The molecule has 346 valence electrons. The van der Waals surface area contributed by atoms with E-state index in [0.717, 1.165) is 18.7 Å². The van der Waals surface area contributed by atoms with Gasteiger partial charge in [0.2, 0.25) is 0 Å². The van der Waals surface area contributed by atoms with Crippen LogP contribution in [0.2, 0.25) is 0 Å². The summed E-state index contributed by atoms with van der Waals surface area (Å²) in [4.78, 5) is 0. The van der Waals surface area contributed by atoms with Gasteiger partial charge in [0.25, 0.3) is 0 Å². The number of benzene rings is 9. The fourth-order valence-corrected chi connectivity index (χ4v) is 14.0. The molecule has 2 heterocycles. The SMILES string of the molecule is Cc1ccc(Nc2cc3c(cc2-c2cc(-c4ccc5c(c4)C(C)(C)c4ccccc4-5)c4c5c6ccccc6ccc5n5c4c2Bc2cc(C)ccc2-5)-c2cc4c(cc2C3(C)C)C(C)(C)CCC4(C)C)cc1. The third-order valence-corrected chi connectivity index (χ3v) is 18.2. The monoisotopic (exact) mass is 916 g/mol. The minimum Gasteiger partial charge on any atom is -0.355 e. The van der Waals surface area contributed by atoms with E-state index in [1.54, 1.807) is 0 Å². The van der Waals surface area contributed by atoms with Gasteiger partial charge in [0.15, 0.2) is 7.28 Å². The highest BCUT2D eigenvalue weighted by Crippen LogP contribution is 2.57. The first kappa shape index (κ1) is 42.8. The van der Waals surface area contributed by atoms with Gasteiger partial charge in [-0.25, -0.2) is 0 Å². The zero-order chi connectivity index (χ0) is 48.7. The Morgan fingerprint density at radius 2 is 1.11 bits per heavy atom. The molecule has 0 fully saturated rings. The summed E-state index contributed by atoms with van der Waals surface area (Å²) in [5, 5.41) is 9.32. The van der Waals surface area contributed by atoms with Crippen molar-refractivity contribution >= 4 is 62.2 Å². The molecular formula is C68H61BN2. The van der Waals surface area contributed by atoms with Crippen molar-refractivity contribution in [2.75, 3.05) is 5.32 Å². The van der Waals surface area contributed by atoms with Crippen molar-refractivity contribution in [3.63, 3.8) is 0 Å². The third kappa shape index (κ3) is 5.90. The maximum absolute atomic E-state index is 4.09. The Morgan fingerprint density at radius 1 is 0.465 bits per heavy atom. The van der Waals surface area contributed by atoms with Crippen LogP contribution in [0.3, 0.4) is 0 Å². The summed E-state index contributed by atoms with van der Waals surface area (Å²) in [7, 11) is 0.837. The number of fused-ring (bicyclic) bond motifs is 14. The summed E-state index contributed by atoms with van der Waals surface area (Å²) in [6.45, 7) is 24.0. The molecule has 4 aliphatic rings. The summed E-state index contributed by atoms with van der Waals surface area (Å²) in [6.07, 6.45) is 2.39. The number of rotatable bonds is 4. The topological polar surface area (TPSA) is 17.0 Å². The van der Waals surface area contributed by atoms with E-state index in [-0.39, 0.29) is 21.7 Å². The van der Waals surface area contributed by atoms with Crippen molar-refractivity contribution in [3.05, 3.63) is 196 Å². The highest BCUT2D eigenvalue weighted by atomic mass is 15.0. The molecule has 0 atom stereocenters. The minimum atomic E-state index is -0.193. The molecule has 3 aliphatic carbocycles. The molecule has 1 aliphatic heterocycles. The van der Waals surface area contributed by atoms with Crippen molar-refractivity contribution in [2.24, 2.45) is 0 Å². The van der Waals surface area contributed by atoms with Gasteiger partial charge in [0, 0.05) is 49.7 Å². The molecular weight excluding hydrogens is 856 g/mol. The second-order valence-corrected chi connectivity index (χ2v) is 24.2. The number of aromatic nitrogens is 1. The number of anilines is 2. The average molecular weight is 917 g/mol. The smallest absolute Gasteiger partial charge is 0.198 e. The molecule has 9 aromatic carbocycles. The molecule has 3 heteroatoms. The van der Waals surface area contributed by atoms with Crippen LogP contribution < -0.4 is 16.2 Å². The maximum Gasteiger partial charge on any atom is 0.198 e. The molecule has 14 rings (SSSR count). The van der Waals surface area contributed by atoms with Gasteiger partial charge in [-0.15, -0.1) is 0 Å². The van der Waals surface area contributed by atoms with Crippen LogP contribution in [0.4, 0.5) is 11.4 Å². The van der Waals surface area contributed by atoms with Crippen LogP contribution in [-0.2, 0) is 21.7 Å². The average Bonchev–Trinajstić information content (AvgIpc) is 3.91. The largest absolute Gasteiger partial charge is 0.355 e. The van der Waals surface area contributed by atoms with Crippen LogP contribution in [0.15, 0.2) is 152 Å². The lowest BCUT2D eigenvalue weighted by Crippen LogP contribution is -2.37. The molecule has 71 heavy (non-hydrogen) atoms. The molecule has 0 saturated carbocycles. The second-order valence-electron chi connectivity index (χ2n) is 24.2. The van der Waals surface area contributed by atoms with Crippen LogP contribution in [0, 0.1) is 13.8 Å². The van der Waals surface area contributed by atoms with Gasteiger partial charge in [-0.3, -0.25) is 0 Å². The number of nitrogens with zero attached hydrogens (tertiary/aromatic N) is 1. The standard InChI is InChI=1S/C68H61BN2/c1-38-19-24-42(25-20-38)70-58-37-54-47(48-35-55-56(36-53(48)68(54,9)10)66(5,6)30-29-65(55,3)4)34-49(58)50-33-46(41-22-26-45-44-17-13-14-18-51(44)67(7,8)52(45)32-41)62-61-43-16-12-11-15-40(43)23-28-60(61)71-59-27-21-39(2)31-57(59)69-63(50)64(62)71/h11-28,31-37,69-70H,29-30H2,1-10H3. The molecule has 0 unspecified atom stereocenters. The minimum absolute atomic E-state index is 0.0988. The number of hydrogen-bond donors (Lipinski definition) is 1. The van der Waals surface area contributed by atoms with Gasteiger partial charge in [0.1, 0.15) is 0 Å². The van der Waals surface area contributed by atoms with Gasteiger partial charge in [0.05, 0.1) is 5.52 Å². The zero-order valence-electron chi connectivity index (χ0n) is 43.0. The van der Waals surface area contributed by atoms with Gasteiger partial charge < -0.3 is 9.88 Å². The molecule has 0 saturated heterocycles. The Labute approximate surface area is 420 Å². The van der Waals surface area contributed by atoms with Crippen LogP contribution in [0.25, 0.3) is 82.8 Å². The first-order valence-corrected chi connectivity index (χ1v) is 26.1. The maximum atomic E-state index is 4.09. The molecule has 0 bridgehead atoms. The zero-order valence-corrected chi connectivity index (χ0v) is 43.0. The highest BCUT2D eigenvalue weighted by molar-refractivity contribution is 6.73. The third-order valence-electron chi connectivity index (χ3n) is 18.2. The Morgan fingerprint density at radius 3 is 1.92 bits per heavy atom. The summed E-state index contributed by atoms with van der Waals surface area (Å²) in [5.41, 5.74) is 30.5. The Balaban J connectivity index is 1.13. The van der Waals surface area contributed by atoms with Gasteiger partial charge >= 0.3 is 0 Å². The summed E-state index contributed by atoms with van der Waals surface area (Å²) in [6, 6.07) is 59.3. The van der Waals surface area contributed by atoms with Crippen molar-refractivity contribution in [1.29, 1.82) is 0 Å².